The molecule has 0 saturated carbocycles. The molecule has 0 bridgehead atoms. The molecule has 1 heterocycles. The smallest absolute Gasteiger partial charge is 0.191 e. The van der Waals surface area contributed by atoms with Gasteiger partial charge in [0, 0.05) is 19.8 Å². The van der Waals surface area contributed by atoms with Gasteiger partial charge in [-0.15, -0.1) is 0 Å². The number of aryl methyl sites for hydroxylation is 1. The van der Waals surface area contributed by atoms with E-state index in [-0.39, 0.29) is 0 Å². The van der Waals surface area contributed by atoms with Gasteiger partial charge in [-0.25, -0.2) is 0 Å². The minimum Gasteiger partial charge on any atom is -0.497 e. The van der Waals surface area contributed by atoms with Crippen molar-refractivity contribution in [2.45, 2.75) is 19.3 Å². The molecule has 0 unspecified atom stereocenters. The lowest BCUT2D eigenvalue weighted by molar-refractivity contribution is 0.320. The van der Waals surface area contributed by atoms with Gasteiger partial charge in [0.25, 0.3) is 0 Å². The third kappa shape index (κ3) is 7.42. The van der Waals surface area contributed by atoms with Crippen molar-refractivity contribution in [1.82, 2.24) is 15.6 Å². The van der Waals surface area contributed by atoms with Crippen LogP contribution in [0, 0.1) is 0 Å². The summed E-state index contributed by atoms with van der Waals surface area (Å²) in [4.78, 5) is 8.24. The molecule has 0 saturated heterocycles. The molecule has 2 rings (SSSR count). The maximum atomic E-state index is 5.59. The fourth-order valence-electron chi connectivity index (χ4n) is 2.44. The van der Waals surface area contributed by atoms with Gasteiger partial charge in [0.2, 0.25) is 0 Å². The molecule has 0 aliphatic heterocycles. The highest BCUT2D eigenvalue weighted by molar-refractivity contribution is 5.79. The topological polar surface area (TPSA) is 67.8 Å². The Bertz CT molecular complexity index is 645. The zero-order chi connectivity index (χ0) is 18.5. The van der Waals surface area contributed by atoms with Crippen LogP contribution >= 0.6 is 0 Å². The molecule has 0 amide bonds. The number of benzene rings is 1. The first-order valence-corrected chi connectivity index (χ1v) is 8.92. The molecule has 0 atom stereocenters. The average Bonchev–Trinajstić information content (AvgIpc) is 2.70. The number of nitrogens with zero attached hydrogens (tertiary/aromatic N) is 2. The zero-order valence-electron chi connectivity index (χ0n) is 15.6. The first-order chi connectivity index (χ1) is 12.8. The second-order valence-electron chi connectivity index (χ2n) is 5.77. The second kappa shape index (κ2) is 11.7. The molecule has 6 nitrogen and oxygen atoms in total. The van der Waals surface area contributed by atoms with Crippen molar-refractivity contribution in [3.05, 3.63) is 54.4 Å². The van der Waals surface area contributed by atoms with Gasteiger partial charge in [-0.2, -0.15) is 0 Å². The molecular formula is C20H28N4O2. The Balaban J connectivity index is 1.54. The standard InChI is InChI=1S/C20H28N4O2/c1-21-20(24-14-15-26-19-7-5-12-22-16-19)23-13-4-3-6-17-8-10-18(25-2)11-9-17/h5,7-12,16H,3-4,6,13-15H2,1-2H3,(H2,21,23,24). The lowest BCUT2D eigenvalue weighted by atomic mass is 10.1. The largest absolute Gasteiger partial charge is 0.497 e. The molecule has 2 aromatic rings. The number of nitrogens with one attached hydrogen (secondary N) is 2. The SMILES string of the molecule is CN=C(NCCCCc1ccc(OC)cc1)NCCOc1cccnc1. The number of pyridine rings is 1. The second-order valence-corrected chi connectivity index (χ2v) is 5.77. The maximum absolute atomic E-state index is 5.59. The third-order valence-corrected chi connectivity index (χ3v) is 3.86. The number of aromatic nitrogens is 1. The summed E-state index contributed by atoms with van der Waals surface area (Å²) >= 11 is 0. The monoisotopic (exact) mass is 356 g/mol. The van der Waals surface area contributed by atoms with Gasteiger partial charge in [-0.05, 0) is 49.1 Å². The summed E-state index contributed by atoms with van der Waals surface area (Å²) in [6.45, 7) is 2.13. The highest BCUT2D eigenvalue weighted by atomic mass is 16.5. The highest BCUT2D eigenvalue weighted by Crippen LogP contribution is 2.13. The van der Waals surface area contributed by atoms with Gasteiger partial charge in [-0.3, -0.25) is 9.98 Å². The first kappa shape index (κ1) is 19.6. The Kier molecular flexibility index (Phi) is 8.83. The summed E-state index contributed by atoms with van der Waals surface area (Å²) in [5.74, 6) is 2.47. The van der Waals surface area contributed by atoms with Crippen LogP contribution in [0.1, 0.15) is 18.4 Å². The third-order valence-electron chi connectivity index (χ3n) is 3.86. The molecular weight excluding hydrogens is 328 g/mol. The fraction of sp³-hybridized carbons (Fsp3) is 0.400. The van der Waals surface area contributed by atoms with E-state index in [1.165, 1.54) is 5.56 Å². The number of aliphatic imine (C=N–C) groups is 1. The van der Waals surface area contributed by atoms with Gasteiger partial charge in [0.15, 0.2) is 5.96 Å². The van der Waals surface area contributed by atoms with E-state index in [0.717, 1.165) is 43.3 Å². The Hall–Kier alpha value is -2.76. The van der Waals surface area contributed by atoms with Crippen LogP contribution in [-0.2, 0) is 6.42 Å². The van der Waals surface area contributed by atoms with Crippen LogP contribution in [0.2, 0.25) is 0 Å². The van der Waals surface area contributed by atoms with Crippen LogP contribution in [0.4, 0.5) is 0 Å². The quantitative estimate of drug-likeness (QED) is 0.389. The van der Waals surface area contributed by atoms with Crippen molar-refractivity contribution in [3.63, 3.8) is 0 Å². The predicted molar refractivity (Wildman–Crippen MR) is 105 cm³/mol. The van der Waals surface area contributed by atoms with Crippen LogP contribution < -0.4 is 20.1 Å². The van der Waals surface area contributed by atoms with Crippen LogP contribution in [0.5, 0.6) is 11.5 Å². The highest BCUT2D eigenvalue weighted by Gasteiger charge is 1.99. The van der Waals surface area contributed by atoms with Crippen molar-refractivity contribution in [2.24, 2.45) is 4.99 Å². The van der Waals surface area contributed by atoms with Gasteiger partial charge >= 0.3 is 0 Å². The minimum atomic E-state index is 0.559. The van der Waals surface area contributed by atoms with E-state index in [0.29, 0.717) is 13.2 Å². The van der Waals surface area contributed by atoms with E-state index in [1.807, 2.05) is 24.3 Å². The number of hydrogen-bond donors (Lipinski definition) is 2. The molecule has 0 fully saturated rings. The van der Waals surface area contributed by atoms with E-state index >= 15 is 0 Å². The predicted octanol–water partition coefficient (Wildman–Crippen LogP) is 2.66. The Morgan fingerprint density at radius 2 is 1.85 bits per heavy atom. The summed E-state index contributed by atoms with van der Waals surface area (Å²) in [7, 11) is 3.46. The van der Waals surface area contributed by atoms with Crippen molar-refractivity contribution in [3.8, 4) is 11.5 Å². The molecule has 0 radical (unpaired) electrons. The number of rotatable bonds is 10. The van der Waals surface area contributed by atoms with E-state index < -0.39 is 0 Å². The maximum Gasteiger partial charge on any atom is 0.191 e. The van der Waals surface area contributed by atoms with E-state index in [9.17, 15) is 0 Å². The summed E-state index contributed by atoms with van der Waals surface area (Å²) in [5.41, 5.74) is 1.33. The minimum absolute atomic E-state index is 0.559. The molecule has 2 N–H and O–H groups in total. The summed E-state index contributed by atoms with van der Waals surface area (Å²) < 4.78 is 10.8. The van der Waals surface area contributed by atoms with Crippen LogP contribution in [-0.4, -0.2) is 44.8 Å². The van der Waals surface area contributed by atoms with Crippen molar-refractivity contribution in [1.29, 1.82) is 0 Å². The van der Waals surface area contributed by atoms with Gasteiger partial charge < -0.3 is 20.1 Å². The number of unbranched alkanes of at least 4 members (excludes halogenated alkanes) is 1. The molecule has 0 spiro atoms. The number of hydrogen-bond acceptors (Lipinski definition) is 4. The molecule has 140 valence electrons. The molecule has 6 heteroatoms. The Labute approximate surface area is 155 Å². The Morgan fingerprint density at radius 1 is 1.04 bits per heavy atom. The molecule has 0 aliphatic rings. The molecule has 26 heavy (non-hydrogen) atoms. The summed E-state index contributed by atoms with van der Waals surface area (Å²) in [6.07, 6.45) is 6.71. The number of methoxy groups -OCH3 is 1. The Morgan fingerprint density at radius 3 is 2.54 bits per heavy atom. The van der Waals surface area contributed by atoms with Gasteiger partial charge in [0.05, 0.1) is 19.9 Å². The molecule has 1 aromatic carbocycles. The lowest BCUT2D eigenvalue weighted by Gasteiger charge is -2.12. The molecule has 0 aliphatic carbocycles. The first-order valence-electron chi connectivity index (χ1n) is 8.92. The normalized spacial score (nSPS) is 11.1. The summed E-state index contributed by atoms with van der Waals surface area (Å²) in [6, 6.07) is 12.0. The van der Waals surface area contributed by atoms with Crippen molar-refractivity contribution in [2.75, 3.05) is 33.9 Å². The van der Waals surface area contributed by atoms with Crippen LogP contribution in [0.25, 0.3) is 0 Å². The van der Waals surface area contributed by atoms with Gasteiger partial charge in [0.1, 0.15) is 18.1 Å². The van der Waals surface area contributed by atoms with Crippen molar-refractivity contribution >= 4 is 5.96 Å². The van der Waals surface area contributed by atoms with E-state index in [4.69, 9.17) is 9.47 Å². The van der Waals surface area contributed by atoms with Crippen LogP contribution in [0.15, 0.2) is 53.8 Å². The van der Waals surface area contributed by atoms with Gasteiger partial charge in [-0.1, -0.05) is 12.1 Å². The van der Waals surface area contributed by atoms with Crippen molar-refractivity contribution < 1.29 is 9.47 Å². The van der Waals surface area contributed by atoms with E-state index in [2.05, 4.69) is 32.7 Å². The zero-order valence-corrected chi connectivity index (χ0v) is 15.6. The lowest BCUT2D eigenvalue weighted by Crippen LogP contribution is -2.39. The van der Waals surface area contributed by atoms with E-state index in [1.54, 1.807) is 26.6 Å². The summed E-state index contributed by atoms with van der Waals surface area (Å²) in [5, 5.41) is 6.56. The number of ether oxygens (including phenoxy) is 2. The van der Waals surface area contributed by atoms with Crippen LogP contribution in [0.3, 0.4) is 0 Å². The molecule has 1 aromatic heterocycles. The number of guanidine groups is 1. The fourth-order valence-corrected chi connectivity index (χ4v) is 2.44. The average molecular weight is 356 g/mol.